The van der Waals surface area contributed by atoms with Gasteiger partial charge in [-0.1, -0.05) is 5.16 Å². The molecule has 3 rings (SSSR count). The topological polar surface area (TPSA) is 80.0 Å². The third-order valence-electron chi connectivity index (χ3n) is 3.91. The molecule has 0 spiro atoms. The van der Waals surface area contributed by atoms with E-state index in [0.29, 0.717) is 28.5 Å². The second-order valence-electron chi connectivity index (χ2n) is 5.55. The molecule has 27 heavy (non-hydrogen) atoms. The van der Waals surface area contributed by atoms with Gasteiger partial charge in [-0.2, -0.15) is 0 Å². The summed E-state index contributed by atoms with van der Waals surface area (Å²) >= 11 is 0. The van der Waals surface area contributed by atoms with Crippen LogP contribution in [0.1, 0.15) is 16.1 Å². The Morgan fingerprint density at radius 3 is 2.33 bits per heavy atom. The molecule has 140 valence electrons. The zero-order chi connectivity index (χ0) is 19.2. The van der Waals surface area contributed by atoms with Gasteiger partial charge in [0, 0.05) is 11.6 Å². The van der Waals surface area contributed by atoms with Crippen LogP contribution in [0.5, 0.6) is 17.2 Å². The fourth-order valence-electron chi connectivity index (χ4n) is 2.46. The van der Waals surface area contributed by atoms with Crippen molar-refractivity contribution in [3.8, 4) is 28.5 Å². The summed E-state index contributed by atoms with van der Waals surface area (Å²) in [6, 6.07) is 13.9. The summed E-state index contributed by atoms with van der Waals surface area (Å²) in [6.07, 6.45) is 0. The maximum Gasteiger partial charge on any atom is 0.338 e. The van der Waals surface area contributed by atoms with E-state index < -0.39 is 5.97 Å². The number of hydrogen-bond donors (Lipinski definition) is 0. The predicted octanol–water partition coefficient (Wildman–Crippen LogP) is 3.72. The summed E-state index contributed by atoms with van der Waals surface area (Å²) in [5, 5.41) is 4.00. The second-order valence-corrected chi connectivity index (χ2v) is 5.55. The van der Waals surface area contributed by atoms with Crippen LogP contribution in [0.25, 0.3) is 11.3 Å². The number of carbonyl (C=O) groups is 1. The molecule has 0 amide bonds. The molecule has 0 atom stereocenters. The maximum absolute atomic E-state index is 12.2. The largest absolute Gasteiger partial charge is 0.497 e. The average Bonchev–Trinajstić information content (AvgIpc) is 3.20. The molecule has 2 aromatic carbocycles. The van der Waals surface area contributed by atoms with E-state index in [-0.39, 0.29) is 6.61 Å². The zero-order valence-electron chi connectivity index (χ0n) is 15.2. The highest BCUT2D eigenvalue weighted by atomic mass is 16.5. The molecule has 7 nitrogen and oxygen atoms in total. The highest BCUT2D eigenvalue weighted by Crippen LogP contribution is 2.28. The van der Waals surface area contributed by atoms with Crippen LogP contribution in [0.3, 0.4) is 0 Å². The van der Waals surface area contributed by atoms with Crippen LogP contribution in [0.15, 0.2) is 53.1 Å². The molecule has 0 aliphatic heterocycles. The van der Waals surface area contributed by atoms with Crippen molar-refractivity contribution in [1.29, 1.82) is 0 Å². The van der Waals surface area contributed by atoms with E-state index in [1.165, 1.54) is 14.2 Å². The van der Waals surface area contributed by atoms with Gasteiger partial charge in [-0.15, -0.1) is 0 Å². The van der Waals surface area contributed by atoms with Gasteiger partial charge in [-0.3, -0.25) is 0 Å². The minimum Gasteiger partial charge on any atom is -0.497 e. The molecule has 0 fully saturated rings. The molecule has 0 N–H and O–H groups in total. The lowest BCUT2D eigenvalue weighted by Gasteiger charge is -2.09. The van der Waals surface area contributed by atoms with Crippen molar-refractivity contribution >= 4 is 5.97 Å². The van der Waals surface area contributed by atoms with Crippen LogP contribution in [0.4, 0.5) is 0 Å². The van der Waals surface area contributed by atoms with Crippen molar-refractivity contribution in [2.24, 2.45) is 0 Å². The van der Waals surface area contributed by atoms with E-state index in [0.717, 1.165) is 11.3 Å². The van der Waals surface area contributed by atoms with E-state index in [1.807, 2.05) is 24.3 Å². The van der Waals surface area contributed by atoms with Gasteiger partial charge in [-0.05, 0) is 42.5 Å². The van der Waals surface area contributed by atoms with Gasteiger partial charge in [0.25, 0.3) is 0 Å². The fraction of sp³-hybridized carbons (Fsp3) is 0.200. The molecule has 0 unspecified atom stereocenters. The lowest BCUT2D eigenvalue weighted by atomic mass is 10.1. The van der Waals surface area contributed by atoms with Crippen LogP contribution in [-0.2, 0) is 11.3 Å². The fourth-order valence-corrected chi connectivity index (χ4v) is 2.46. The molecule has 0 saturated carbocycles. The normalized spacial score (nSPS) is 10.3. The third kappa shape index (κ3) is 4.20. The monoisotopic (exact) mass is 369 g/mol. The number of methoxy groups -OCH3 is 3. The van der Waals surface area contributed by atoms with Crippen molar-refractivity contribution in [3.63, 3.8) is 0 Å². The Balaban J connectivity index is 1.65. The summed E-state index contributed by atoms with van der Waals surface area (Å²) in [4.78, 5) is 12.2. The van der Waals surface area contributed by atoms with Crippen molar-refractivity contribution in [2.75, 3.05) is 21.3 Å². The Hall–Kier alpha value is -3.48. The summed E-state index contributed by atoms with van der Waals surface area (Å²) in [7, 11) is 4.64. The van der Waals surface area contributed by atoms with Crippen molar-refractivity contribution in [1.82, 2.24) is 5.16 Å². The summed E-state index contributed by atoms with van der Waals surface area (Å²) in [6.45, 7) is -0.0314. The van der Waals surface area contributed by atoms with Crippen molar-refractivity contribution in [2.45, 2.75) is 6.61 Å². The molecule has 7 heteroatoms. The van der Waals surface area contributed by atoms with Gasteiger partial charge < -0.3 is 23.5 Å². The number of esters is 1. The summed E-state index contributed by atoms with van der Waals surface area (Å²) < 4.78 is 26.0. The van der Waals surface area contributed by atoms with Crippen LogP contribution in [-0.4, -0.2) is 32.5 Å². The Morgan fingerprint density at radius 2 is 1.67 bits per heavy atom. The molecule has 0 aliphatic rings. The van der Waals surface area contributed by atoms with Gasteiger partial charge in [-0.25, -0.2) is 4.79 Å². The minimum atomic E-state index is -0.502. The molecular weight excluding hydrogens is 350 g/mol. The second kappa shape index (κ2) is 8.27. The number of rotatable bonds is 7. The quantitative estimate of drug-likeness (QED) is 0.587. The summed E-state index contributed by atoms with van der Waals surface area (Å²) in [5.74, 6) is 1.68. The van der Waals surface area contributed by atoms with E-state index in [2.05, 4.69) is 5.16 Å². The van der Waals surface area contributed by atoms with Crippen LogP contribution >= 0.6 is 0 Å². The highest BCUT2D eigenvalue weighted by molar-refractivity contribution is 5.90. The van der Waals surface area contributed by atoms with Gasteiger partial charge >= 0.3 is 5.97 Å². The van der Waals surface area contributed by atoms with E-state index in [9.17, 15) is 4.79 Å². The molecule has 0 saturated heterocycles. The van der Waals surface area contributed by atoms with Crippen LogP contribution in [0.2, 0.25) is 0 Å². The third-order valence-corrected chi connectivity index (χ3v) is 3.91. The van der Waals surface area contributed by atoms with Gasteiger partial charge in [0.1, 0.15) is 11.4 Å². The maximum atomic E-state index is 12.2. The highest BCUT2D eigenvalue weighted by Gasteiger charge is 2.14. The molecule has 1 heterocycles. The number of nitrogens with zero attached hydrogens (tertiary/aromatic N) is 1. The van der Waals surface area contributed by atoms with Crippen molar-refractivity contribution in [3.05, 3.63) is 59.9 Å². The Bertz CT molecular complexity index is 916. The van der Waals surface area contributed by atoms with E-state index in [1.54, 1.807) is 31.4 Å². The lowest BCUT2D eigenvalue weighted by Crippen LogP contribution is -2.05. The Kier molecular flexibility index (Phi) is 5.61. The van der Waals surface area contributed by atoms with Crippen molar-refractivity contribution < 1.29 is 28.3 Å². The first-order valence-electron chi connectivity index (χ1n) is 8.13. The number of hydrogen-bond acceptors (Lipinski definition) is 7. The summed E-state index contributed by atoms with van der Waals surface area (Å²) in [5.41, 5.74) is 1.87. The van der Waals surface area contributed by atoms with Gasteiger partial charge in [0.15, 0.2) is 23.9 Å². The predicted molar refractivity (Wildman–Crippen MR) is 97.2 cm³/mol. The number of aromatic nitrogens is 1. The first-order chi connectivity index (χ1) is 13.1. The van der Waals surface area contributed by atoms with E-state index in [4.69, 9.17) is 23.5 Å². The molecule has 0 aliphatic carbocycles. The molecular formula is C20H19NO6. The first-order valence-corrected chi connectivity index (χ1v) is 8.13. The molecule has 1 aromatic heterocycles. The smallest absolute Gasteiger partial charge is 0.338 e. The zero-order valence-corrected chi connectivity index (χ0v) is 15.2. The Morgan fingerprint density at radius 1 is 0.926 bits per heavy atom. The number of ether oxygens (including phenoxy) is 4. The van der Waals surface area contributed by atoms with E-state index >= 15 is 0 Å². The van der Waals surface area contributed by atoms with Gasteiger partial charge in [0.05, 0.1) is 26.9 Å². The molecule has 0 radical (unpaired) electrons. The van der Waals surface area contributed by atoms with Crippen LogP contribution < -0.4 is 14.2 Å². The number of benzene rings is 2. The molecule has 3 aromatic rings. The lowest BCUT2D eigenvalue weighted by molar-refractivity contribution is 0.0437. The van der Waals surface area contributed by atoms with Crippen LogP contribution in [0, 0.1) is 0 Å². The average molecular weight is 369 g/mol. The standard InChI is InChI=1S/C20H19NO6/c1-23-15-7-4-13(5-8-15)17-11-16(27-21-17)12-26-20(22)14-6-9-18(24-2)19(10-14)25-3/h4-11H,12H2,1-3H3. The van der Waals surface area contributed by atoms with Gasteiger partial charge in [0.2, 0.25) is 0 Å². The number of carbonyl (C=O) groups excluding carboxylic acids is 1. The SMILES string of the molecule is COc1ccc(-c2cc(COC(=O)c3ccc(OC)c(OC)c3)on2)cc1. The Labute approximate surface area is 156 Å². The first kappa shape index (κ1) is 18.3. The minimum absolute atomic E-state index is 0.0314. The molecule has 0 bridgehead atoms.